The minimum absolute atomic E-state index is 0.0362. The normalized spacial score (nSPS) is 10.6. The maximum Gasteiger partial charge on any atom is 0.272 e. The summed E-state index contributed by atoms with van der Waals surface area (Å²) in [5.41, 5.74) is 1.58. The molecule has 6 heteroatoms. The minimum Gasteiger partial charge on any atom is -0.346 e. The second-order valence-corrected chi connectivity index (χ2v) is 5.08. The monoisotopic (exact) mass is 328 g/mol. The summed E-state index contributed by atoms with van der Waals surface area (Å²) in [6.07, 6.45) is 1.80. The first kappa shape index (κ1) is 13.7. The molecule has 19 heavy (non-hydrogen) atoms. The molecule has 0 atom stereocenters. The Hall–Kier alpha value is -1.69. The first-order chi connectivity index (χ1) is 8.88. The van der Waals surface area contributed by atoms with Crippen LogP contribution in [0, 0.1) is 18.6 Å². The van der Waals surface area contributed by atoms with Crippen LogP contribution in [-0.2, 0) is 7.05 Å². The van der Waals surface area contributed by atoms with E-state index in [2.05, 4.69) is 21.2 Å². The van der Waals surface area contributed by atoms with Crippen molar-refractivity contribution >= 4 is 27.5 Å². The van der Waals surface area contributed by atoms with Gasteiger partial charge in [0.15, 0.2) is 11.6 Å². The zero-order valence-electron chi connectivity index (χ0n) is 10.3. The van der Waals surface area contributed by atoms with Crippen molar-refractivity contribution in [2.75, 3.05) is 5.32 Å². The largest absolute Gasteiger partial charge is 0.346 e. The summed E-state index contributed by atoms with van der Waals surface area (Å²) in [5.74, 6) is -2.38. The standard InChI is InChI=1S/C13H11BrF2N2O/c1-7-3-11(18(2)6-7)13(19)17-8-4-9(14)12(16)10(15)5-8/h3-6H,1-2H3,(H,17,19). The van der Waals surface area contributed by atoms with Crippen molar-refractivity contribution < 1.29 is 13.6 Å². The highest BCUT2D eigenvalue weighted by Crippen LogP contribution is 2.23. The van der Waals surface area contributed by atoms with Crippen LogP contribution < -0.4 is 5.32 Å². The molecule has 1 N–H and O–H groups in total. The fourth-order valence-corrected chi connectivity index (χ4v) is 2.21. The van der Waals surface area contributed by atoms with Gasteiger partial charge in [-0.2, -0.15) is 0 Å². The number of carbonyl (C=O) groups excluding carboxylic acids is 1. The summed E-state index contributed by atoms with van der Waals surface area (Å²) in [5, 5.41) is 2.52. The number of hydrogen-bond acceptors (Lipinski definition) is 1. The van der Waals surface area contributed by atoms with Gasteiger partial charge < -0.3 is 9.88 Å². The Balaban J connectivity index is 2.27. The Morgan fingerprint density at radius 1 is 1.32 bits per heavy atom. The molecule has 0 saturated carbocycles. The Morgan fingerprint density at radius 3 is 2.53 bits per heavy atom. The lowest BCUT2D eigenvalue weighted by Crippen LogP contribution is -2.15. The average Bonchev–Trinajstić information content (AvgIpc) is 2.65. The number of aromatic nitrogens is 1. The fourth-order valence-electron chi connectivity index (χ4n) is 1.78. The molecule has 2 aromatic rings. The van der Waals surface area contributed by atoms with Crippen LogP contribution in [-0.4, -0.2) is 10.5 Å². The number of benzene rings is 1. The molecule has 0 unspecified atom stereocenters. The third-order valence-electron chi connectivity index (χ3n) is 2.62. The second-order valence-electron chi connectivity index (χ2n) is 4.22. The number of carbonyl (C=O) groups is 1. The molecule has 0 aliphatic rings. The Kier molecular flexibility index (Phi) is 3.71. The first-order valence-electron chi connectivity index (χ1n) is 5.47. The van der Waals surface area contributed by atoms with Gasteiger partial charge in [0.1, 0.15) is 5.69 Å². The van der Waals surface area contributed by atoms with Gasteiger partial charge in [-0.1, -0.05) is 0 Å². The van der Waals surface area contributed by atoms with Crippen LogP contribution in [0.15, 0.2) is 28.9 Å². The molecule has 1 amide bonds. The van der Waals surface area contributed by atoms with Gasteiger partial charge in [0.2, 0.25) is 0 Å². The lowest BCUT2D eigenvalue weighted by atomic mass is 10.2. The number of halogens is 3. The van der Waals surface area contributed by atoms with Crippen LogP contribution in [0.25, 0.3) is 0 Å². The number of rotatable bonds is 2. The van der Waals surface area contributed by atoms with E-state index in [0.717, 1.165) is 11.6 Å². The van der Waals surface area contributed by atoms with E-state index in [-0.39, 0.29) is 16.1 Å². The number of anilines is 1. The fraction of sp³-hybridized carbons (Fsp3) is 0.154. The number of nitrogens with one attached hydrogen (secondary N) is 1. The van der Waals surface area contributed by atoms with Gasteiger partial charge >= 0.3 is 0 Å². The molecule has 0 saturated heterocycles. The number of aryl methyl sites for hydroxylation is 2. The van der Waals surface area contributed by atoms with Gasteiger partial charge in [0.05, 0.1) is 4.47 Å². The quantitative estimate of drug-likeness (QED) is 0.839. The third-order valence-corrected chi connectivity index (χ3v) is 3.19. The number of nitrogens with zero attached hydrogens (tertiary/aromatic N) is 1. The molecule has 0 bridgehead atoms. The summed E-state index contributed by atoms with van der Waals surface area (Å²) in [6, 6.07) is 3.96. The molecule has 0 radical (unpaired) electrons. The highest BCUT2D eigenvalue weighted by Gasteiger charge is 2.14. The molecule has 0 aliphatic heterocycles. The Morgan fingerprint density at radius 2 is 2.00 bits per heavy atom. The van der Waals surface area contributed by atoms with Gasteiger partial charge in [-0.05, 0) is 40.5 Å². The van der Waals surface area contributed by atoms with Crippen molar-refractivity contribution in [1.82, 2.24) is 4.57 Å². The number of hydrogen-bond donors (Lipinski definition) is 1. The predicted molar refractivity (Wildman–Crippen MR) is 72.2 cm³/mol. The van der Waals surface area contributed by atoms with E-state index in [4.69, 9.17) is 0 Å². The van der Waals surface area contributed by atoms with E-state index in [9.17, 15) is 13.6 Å². The van der Waals surface area contributed by atoms with Crippen molar-refractivity contribution in [2.24, 2.45) is 7.05 Å². The van der Waals surface area contributed by atoms with E-state index in [1.807, 2.05) is 6.92 Å². The molecule has 1 aromatic heterocycles. The van der Waals surface area contributed by atoms with Crippen LogP contribution in [0.2, 0.25) is 0 Å². The summed E-state index contributed by atoms with van der Waals surface area (Å²) < 4.78 is 27.9. The molecule has 1 aromatic carbocycles. The van der Waals surface area contributed by atoms with Gasteiger partial charge in [0, 0.05) is 25.0 Å². The van der Waals surface area contributed by atoms with E-state index in [0.29, 0.717) is 5.69 Å². The van der Waals surface area contributed by atoms with Crippen LogP contribution in [0.4, 0.5) is 14.5 Å². The molecule has 0 aliphatic carbocycles. The van der Waals surface area contributed by atoms with Crippen LogP contribution in [0.5, 0.6) is 0 Å². The summed E-state index contributed by atoms with van der Waals surface area (Å²) in [7, 11) is 1.74. The molecule has 2 rings (SSSR count). The topological polar surface area (TPSA) is 34.0 Å². The third kappa shape index (κ3) is 2.84. The molecular weight excluding hydrogens is 318 g/mol. The Labute approximate surface area is 117 Å². The average molecular weight is 329 g/mol. The van der Waals surface area contributed by atoms with Crippen LogP contribution in [0.1, 0.15) is 16.1 Å². The summed E-state index contributed by atoms with van der Waals surface area (Å²) >= 11 is 2.89. The SMILES string of the molecule is Cc1cc(C(=O)Nc2cc(F)c(F)c(Br)c2)n(C)c1. The van der Waals surface area contributed by atoms with Crippen molar-refractivity contribution in [3.05, 3.63) is 51.8 Å². The first-order valence-corrected chi connectivity index (χ1v) is 6.26. The highest BCUT2D eigenvalue weighted by atomic mass is 79.9. The lowest BCUT2D eigenvalue weighted by molar-refractivity contribution is 0.101. The lowest BCUT2D eigenvalue weighted by Gasteiger charge is -2.07. The Bertz CT molecular complexity index is 629. The molecule has 1 heterocycles. The molecule has 0 spiro atoms. The van der Waals surface area contributed by atoms with Crippen molar-refractivity contribution in [3.8, 4) is 0 Å². The second kappa shape index (κ2) is 5.13. The highest BCUT2D eigenvalue weighted by molar-refractivity contribution is 9.10. The van der Waals surface area contributed by atoms with Gasteiger partial charge in [-0.25, -0.2) is 8.78 Å². The van der Waals surface area contributed by atoms with Crippen molar-refractivity contribution in [2.45, 2.75) is 6.92 Å². The summed E-state index contributed by atoms with van der Waals surface area (Å²) in [6.45, 7) is 1.87. The van der Waals surface area contributed by atoms with Crippen molar-refractivity contribution in [1.29, 1.82) is 0 Å². The maximum absolute atomic E-state index is 13.2. The van der Waals surface area contributed by atoms with E-state index in [1.165, 1.54) is 6.07 Å². The molecule has 100 valence electrons. The number of amides is 1. The zero-order valence-corrected chi connectivity index (χ0v) is 11.9. The zero-order chi connectivity index (χ0) is 14.2. The maximum atomic E-state index is 13.2. The summed E-state index contributed by atoms with van der Waals surface area (Å²) in [4.78, 5) is 12.0. The van der Waals surface area contributed by atoms with Crippen LogP contribution in [0.3, 0.4) is 0 Å². The van der Waals surface area contributed by atoms with E-state index in [1.54, 1.807) is 23.9 Å². The molecule has 0 fully saturated rings. The van der Waals surface area contributed by atoms with Gasteiger partial charge in [-0.15, -0.1) is 0 Å². The predicted octanol–water partition coefficient (Wildman–Crippen LogP) is 3.63. The smallest absolute Gasteiger partial charge is 0.272 e. The van der Waals surface area contributed by atoms with E-state index >= 15 is 0 Å². The van der Waals surface area contributed by atoms with Gasteiger partial charge in [0.25, 0.3) is 5.91 Å². The van der Waals surface area contributed by atoms with Crippen LogP contribution >= 0.6 is 15.9 Å². The molecular formula is C13H11BrF2N2O. The molecule has 3 nitrogen and oxygen atoms in total. The van der Waals surface area contributed by atoms with E-state index < -0.39 is 11.6 Å². The van der Waals surface area contributed by atoms with Crippen molar-refractivity contribution in [3.63, 3.8) is 0 Å². The minimum atomic E-state index is -1.02. The van der Waals surface area contributed by atoms with Gasteiger partial charge in [-0.3, -0.25) is 4.79 Å².